The molecule has 0 bridgehead atoms. The van der Waals surface area contributed by atoms with Crippen molar-refractivity contribution in [3.8, 4) is 0 Å². The van der Waals surface area contributed by atoms with E-state index in [9.17, 15) is 4.79 Å². The van der Waals surface area contributed by atoms with Crippen LogP contribution in [0.25, 0.3) is 5.65 Å². The molecule has 0 aliphatic rings. The van der Waals surface area contributed by atoms with Gasteiger partial charge >= 0.3 is 5.97 Å². The summed E-state index contributed by atoms with van der Waals surface area (Å²) < 4.78 is 2.24. The summed E-state index contributed by atoms with van der Waals surface area (Å²) in [6.07, 6.45) is -0.116. The first-order valence-electron chi connectivity index (χ1n) is 5.55. The number of carboxylic acid groups (broad SMARTS) is 1. The van der Waals surface area contributed by atoms with Gasteiger partial charge in [-0.1, -0.05) is 20.8 Å². The number of hydrogen-bond acceptors (Lipinski definition) is 3. The molecule has 0 aliphatic carbocycles. The van der Waals surface area contributed by atoms with Crippen LogP contribution in [0.5, 0.6) is 0 Å². The fourth-order valence-corrected chi connectivity index (χ4v) is 2.10. The molecule has 2 rings (SSSR count). The molecule has 0 saturated carbocycles. The van der Waals surface area contributed by atoms with Crippen molar-refractivity contribution in [1.82, 2.24) is 14.6 Å². The van der Waals surface area contributed by atoms with Crippen molar-refractivity contribution in [3.63, 3.8) is 0 Å². The smallest absolute Gasteiger partial charge is 0.309 e. The summed E-state index contributed by atoms with van der Waals surface area (Å²) in [5.74, 6) is -0.907. The van der Waals surface area contributed by atoms with Crippen molar-refractivity contribution in [1.29, 1.82) is 0 Å². The van der Waals surface area contributed by atoms with Crippen molar-refractivity contribution in [2.24, 2.45) is 0 Å². The minimum absolute atomic E-state index is 0.0646. The Hall–Kier alpha value is -1.43. The molecular formula is C12H14BrN3O2. The second-order valence-corrected chi connectivity index (χ2v) is 5.91. The molecule has 0 aliphatic heterocycles. The third-order valence-corrected chi connectivity index (χ3v) is 3.37. The van der Waals surface area contributed by atoms with Crippen LogP contribution in [0.4, 0.5) is 0 Å². The van der Waals surface area contributed by atoms with Gasteiger partial charge in [0.25, 0.3) is 0 Å². The van der Waals surface area contributed by atoms with Crippen molar-refractivity contribution >= 4 is 27.5 Å². The zero-order chi connectivity index (χ0) is 13.5. The minimum Gasteiger partial charge on any atom is -0.481 e. The highest BCUT2D eigenvalue weighted by molar-refractivity contribution is 9.10. The maximum atomic E-state index is 10.7. The van der Waals surface area contributed by atoms with Crippen molar-refractivity contribution in [3.05, 3.63) is 28.1 Å². The van der Waals surface area contributed by atoms with E-state index in [1.165, 1.54) is 0 Å². The fourth-order valence-electron chi connectivity index (χ4n) is 1.61. The van der Waals surface area contributed by atoms with Gasteiger partial charge in [0.15, 0.2) is 5.65 Å². The summed E-state index contributed by atoms with van der Waals surface area (Å²) in [6.45, 7) is 6.22. The Morgan fingerprint density at radius 2 is 2.11 bits per heavy atom. The van der Waals surface area contributed by atoms with Crippen molar-refractivity contribution < 1.29 is 9.90 Å². The van der Waals surface area contributed by atoms with E-state index in [2.05, 4.69) is 46.8 Å². The predicted octanol–water partition coefficient (Wildman–Crippen LogP) is 2.42. The Balaban J connectivity index is 2.57. The van der Waals surface area contributed by atoms with Crippen molar-refractivity contribution in [2.45, 2.75) is 32.6 Å². The normalized spacial score (nSPS) is 12.0. The molecule has 2 aromatic rings. The van der Waals surface area contributed by atoms with Gasteiger partial charge in [-0.15, -0.1) is 0 Å². The molecule has 0 fully saturated rings. The average molecular weight is 312 g/mol. The molecule has 0 amide bonds. The highest BCUT2D eigenvalue weighted by Crippen LogP contribution is 2.23. The summed E-state index contributed by atoms with van der Waals surface area (Å²) in [7, 11) is 0. The van der Waals surface area contributed by atoms with Crippen LogP contribution in [0.3, 0.4) is 0 Å². The number of hydrogen-bond donors (Lipinski definition) is 1. The van der Waals surface area contributed by atoms with Crippen molar-refractivity contribution in [2.75, 3.05) is 0 Å². The summed E-state index contributed by atoms with van der Waals surface area (Å²) in [4.78, 5) is 15.0. The van der Waals surface area contributed by atoms with E-state index >= 15 is 0 Å². The molecule has 0 saturated heterocycles. The molecule has 2 heterocycles. The number of aromatic nitrogens is 3. The lowest BCUT2D eigenvalue weighted by Crippen LogP contribution is -2.15. The topological polar surface area (TPSA) is 67.5 Å². The van der Waals surface area contributed by atoms with Gasteiger partial charge in [0.1, 0.15) is 4.60 Å². The number of halogens is 1. The Morgan fingerprint density at radius 3 is 2.67 bits per heavy atom. The first-order valence-corrected chi connectivity index (χ1v) is 6.35. The van der Waals surface area contributed by atoms with Crippen LogP contribution >= 0.6 is 15.9 Å². The molecule has 2 aromatic heterocycles. The Labute approximate surface area is 113 Å². The van der Waals surface area contributed by atoms with Gasteiger partial charge in [-0.25, -0.2) is 9.50 Å². The van der Waals surface area contributed by atoms with Crippen LogP contribution in [0.2, 0.25) is 0 Å². The number of nitrogens with zero attached hydrogens (tertiary/aromatic N) is 3. The molecule has 18 heavy (non-hydrogen) atoms. The first kappa shape index (κ1) is 13.0. The number of imidazole rings is 1. The molecule has 6 heteroatoms. The second kappa shape index (κ2) is 4.35. The van der Waals surface area contributed by atoms with Gasteiger partial charge in [0, 0.05) is 5.41 Å². The lowest BCUT2D eigenvalue weighted by Gasteiger charge is -2.17. The van der Waals surface area contributed by atoms with Crippen LogP contribution in [-0.2, 0) is 16.6 Å². The lowest BCUT2D eigenvalue weighted by atomic mass is 9.92. The Morgan fingerprint density at radius 1 is 1.44 bits per heavy atom. The van der Waals surface area contributed by atoms with E-state index in [1.807, 2.05) is 12.1 Å². The van der Waals surface area contributed by atoms with E-state index < -0.39 is 5.97 Å². The van der Waals surface area contributed by atoms with Crippen LogP contribution in [0, 0.1) is 0 Å². The highest BCUT2D eigenvalue weighted by atomic mass is 79.9. The molecule has 0 atom stereocenters. The predicted molar refractivity (Wildman–Crippen MR) is 70.7 cm³/mol. The van der Waals surface area contributed by atoms with Gasteiger partial charge in [0.05, 0.1) is 17.8 Å². The lowest BCUT2D eigenvalue weighted by molar-refractivity contribution is -0.136. The molecule has 1 N–H and O–H groups in total. The largest absolute Gasteiger partial charge is 0.481 e. The Kier molecular flexibility index (Phi) is 3.14. The van der Waals surface area contributed by atoms with Crippen LogP contribution in [-0.4, -0.2) is 25.7 Å². The molecule has 0 spiro atoms. The summed E-state index contributed by atoms with van der Waals surface area (Å²) in [5, 5.41) is 13.3. The highest BCUT2D eigenvalue weighted by Gasteiger charge is 2.19. The third-order valence-electron chi connectivity index (χ3n) is 2.58. The van der Waals surface area contributed by atoms with Gasteiger partial charge in [-0.3, -0.25) is 4.79 Å². The molecule has 0 radical (unpaired) electrons. The van der Waals surface area contributed by atoms with E-state index in [1.54, 1.807) is 4.52 Å². The summed E-state index contributed by atoms with van der Waals surface area (Å²) in [6, 6.07) is 3.77. The van der Waals surface area contributed by atoms with Gasteiger partial charge in [-0.05, 0) is 28.1 Å². The number of carbonyl (C=O) groups is 1. The van der Waals surface area contributed by atoms with Gasteiger partial charge in [-0.2, -0.15) is 5.10 Å². The molecule has 0 unspecified atom stereocenters. The maximum absolute atomic E-state index is 10.7. The minimum atomic E-state index is -0.907. The third kappa shape index (κ3) is 2.38. The quantitative estimate of drug-likeness (QED) is 0.925. The number of fused-ring (bicyclic) bond motifs is 1. The SMILES string of the molecule is CC(C)(C)c1ccc2nc(CC(=O)O)c(Br)n2n1. The average Bonchev–Trinajstić information content (AvgIpc) is 2.53. The number of aliphatic carboxylic acids is 1. The molecule has 96 valence electrons. The molecular weight excluding hydrogens is 298 g/mol. The fraction of sp³-hybridized carbons (Fsp3) is 0.417. The van der Waals surface area contributed by atoms with Crippen LogP contribution in [0.15, 0.2) is 16.7 Å². The van der Waals surface area contributed by atoms with E-state index in [0.717, 1.165) is 5.69 Å². The monoisotopic (exact) mass is 311 g/mol. The van der Waals surface area contributed by atoms with E-state index in [-0.39, 0.29) is 11.8 Å². The zero-order valence-corrected chi connectivity index (χ0v) is 12.0. The van der Waals surface area contributed by atoms with Gasteiger partial charge in [0.2, 0.25) is 0 Å². The van der Waals surface area contributed by atoms with E-state index in [0.29, 0.717) is 15.9 Å². The van der Waals surface area contributed by atoms with Crippen LogP contribution < -0.4 is 0 Å². The molecule has 0 aromatic carbocycles. The van der Waals surface area contributed by atoms with E-state index in [4.69, 9.17) is 5.11 Å². The number of carboxylic acids is 1. The zero-order valence-electron chi connectivity index (χ0n) is 10.4. The van der Waals surface area contributed by atoms with Gasteiger partial charge < -0.3 is 5.11 Å². The number of rotatable bonds is 2. The Bertz CT molecular complexity index is 614. The standard InChI is InChI=1S/C12H14BrN3O2/c1-12(2,3)8-4-5-9-14-7(6-10(17)18)11(13)16(9)15-8/h4-5H,6H2,1-3H3,(H,17,18). The second-order valence-electron chi connectivity index (χ2n) is 5.16. The summed E-state index contributed by atoms with van der Waals surface area (Å²) >= 11 is 3.36. The first-order chi connectivity index (χ1) is 8.29. The molecule has 5 nitrogen and oxygen atoms in total. The van der Waals surface area contributed by atoms with Crippen LogP contribution in [0.1, 0.15) is 32.2 Å². The summed E-state index contributed by atoms with van der Waals surface area (Å²) in [5.41, 5.74) is 1.99. The maximum Gasteiger partial charge on any atom is 0.309 e.